The molecular formula is C7H7F2NO2. The van der Waals surface area contributed by atoms with Gasteiger partial charge in [-0.25, -0.2) is 13.8 Å². The van der Waals surface area contributed by atoms with Gasteiger partial charge in [-0.05, 0) is 0 Å². The Balaban J connectivity index is 3.31. The predicted molar refractivity (Wildman–Crippen MR) is 37.4 cm³/mol. The zero-order valence-corrected chi connectivity index (χ0v) is 5.64. The lowest BCUT2D eigenvalue weighted by molar-refractivity contribution is 0.141. The average Bonchev–Trinajstić information content (AvgIpc) is 2.16. The van der Waals surface area contributed by atoms with Crippen LogP contribution in [0.15, 0.2) is 12.2 Å². The van der Waals surface area contributed by atoms with E-state index in [0.717, 1.165) is 0 Å². The lowest BCUT2D eigenvalue weighted by Crippen LogP contribution is -1.92. The van der Waals surface area contributed by atoms with Crippen LogP contribution in [-0.2, 0) is 0 Å². The Kier molecular flexibility index (Phi) is 1.12. The summed E-state index contributed by atoms with van der Waals surface area (Å²) in [4.78, 5) is 2.99. The number of methoxy groups -OCH3 is 1. The number of halogens is 2. The highest BCUT2D eigenvalue weighted by molar-refractivity contribution is 5.34. The summed E-state index contributed by atoms with van der Waals surface area (Å²) in [6, 6.07) is -1.00. The van der Waals surface area contributed by atoms with Gasteiger partial charge < -0.3 is 9.84 Å². The molecule has 0 fully saturated rings. The fourth-order valence-corrected chi connectivity index (χ4v) is 0.564. The highest BCUT2D eigenvalue weighted by Gasteiger charge is 2.14. The second-order valence-electron chi connectivity index (χ2n) is 1.81. The van der Waals surface area contributed by atoms with Crippen LogP contribution in [0.5, 0.6) is 11.5 Å². The number of nitrogens with zero attached hydrogens (tertiary/aromatic N) is 1. The minimum absolute atomic E-state index is 0.869. The second-order valence-corrected chi connectivity index (χ2v) is 1.81. The second kappa shape index (κ2) is 3.34. The molecule has 1 rings (SSSR count). The van der Waals surface area contributed by atoms with Crippen LogP contribution in [0.2, 0.25) is 0 Å². The van der Waals surface area contributed by atoms with E-state index < -0.39 is 42.9 Å². The van der Waals surface area contributed by atoms with Gasteiger partial charge in [-0.2, -0.15) is 0 Å². The first-order valence-corrected chi connectivity index (χ1v) is 2.80. The van der Waals surface area contributed by atoms with Crippen molar-refractivity contribution in [3.05, 3.63) is 17.9 Å². The molecule has 3 nitrogen and oxygen atoms in total. The van der Waals surface area contributed by atoms with Crippen molar-refractivity contribution in [3.8, 4) is 11.5 Å². The highest BCUT2D eigenvalue weighted by atomic mass is 19.3. The maximum atomic E-state index is 12.3. The van der Waals surface area contributed by atoms with Crippen molar-refractivity contribution in [2.75, 3.05) is 7.04 Å². The normalized spacial score (nSPS) is 17.4. The van der Waals surface area contributed by atoms with Gasteiger partial charge in [0.05, 0.1) is 20.1 Å². The van der Waals surface area contributed by atoms with Gasteiger partial charge in [-0.15, -0.1) is 0 Å². The minimum Gasteiger partial charge on any atom is -0.506 e. The molecule has 0 atom stereocenters. The van der Waals surface area contributed by atoms with Gasteiger partial charge in [0, 0.05) is 6.04 Å². The van der Waals surface area contributed by atoms with Gasteiger partial charge >= 0.3 is 0 Å². The third-order valence-corrected chi connectivity index (χ3v) is 1.06. The summed E-state index contributed by atoms with van der Waals surface area (Å²) in [5.74, 6) is -2.07. The molecule has 1 aromatic heterocycles. The van der Waals surface area contributed by atoms with Crippen molar-refractivity contribution >= 4 is 0 Å². The van der Waals surface area contributed by atoms with Crippen LogP contribution in [0, 0.1) is 0 Å². The zero-order chi connectivity index (χ0) is 13.4. The SMILES string of the molecule is [2H]c1nc(C(F)F)c(O)c([2H])c1OC([2H])([2H])[2H]. The third-order valence-electron chi connectivity index (χ3n) is 1.06. The van der Waals surface area contributed by atoms with E-state index >= 15 is 0 Å². The lowest BCUT2D eigenvalue weighted by Gasteiger charge is -2.03. The fraction of sp³-hybridized carbons (Fsp3) is 0.286. The smallest absolute Gasteiger partial charge is 0.284 e. The van der Waals surface area contributed by atoms with Crippen molar-refractivity contribution in [3.63, 3.8) is 0 Å². The number of hydrogen-bond donors (Lipinski definition) is 1. The molecule has 0 aliphatic rings. The summed E-state index contributed by atoms with van der Waals surface area (Å²) in [6.07, 6.45) is -4.12. The Hall–Kier alpha value is -1.39. The van der Waals surface area contributed by atoms with Gasteiger partial charge in [-0.1, -0.05) is 0 Å². The summed E-state index contributed by atoms with van der Waals surface area (Å²) in [7, 11) is -2.97. The molecule has 1 heterocycles. The van der Waals surface area contributed by atoms with Crippen LogP contribution in [-0.4, -0.2) is 17.1 Å². The fourth-order valence-electron chi connectivity index (χ4n) is 0.564. The Morgan fingerprint density at radius 1 is 1.83 bits per heavy atom. The molecule has 0 bridgehead atoms. The van der Waals surface area contributed by atoms with Gasteiger partial charge in [0.25, 0.3) is 6.43 Å². The van der Waals surface area contributed by atoms with E-state index in [0.29, 0.717) is 0 Å². The van der Waals surface area contributed by atoms with E-state index in [4.69, 9.17) is 6.85 Å². The van der Waals surface area contributed by atoms with Crippen LogP contribution >= 0.6 is 0 Å². The van der Waals surface area contributed by atoms with Crippen molar-refractivity contribution in [2.24, 2.45) is 0 Å². The average molecular weight is 180 g/mol. The topological polar surface area (TPSA) is 42.4 Å². The number of hydrogen-bond acceptors (Lipinski definition) is 3. The molecule has 0 saturated carbocycles. The largest absolute Gasteiger partial charge is 0.506 e. The molecule has 0 spiro atoms. The molecule has 0 radical (unpaired) electrons. The van der Waals surface area contributed by atoms with E-state index in [9.17, 15) is 13.9 Å². The van der Waals surface area contributed by atoms with E-state index in [2.05, 4.69) is 9.72 Å². The molecule has 0 aliphatic carbocycles. The quantitative estimate of drug-likeness (QED) is 0.753. The number of ether oxygens (including phenoxy) is 1. The van der Waals surface area contributed by atoms with E-state index in [1.54, 1.807) is 0 Å². The Bertz CT molecular complexity index is 437. The molecule has 0 aromatic carbocycles. The maximum Gasteiger partial charge on any atom is 0.284 e. The van der Waals surface area contributed by atoms with Crippen molar-refractivity contribution in [2.45, 2.75) is 6.43 Å². The van der Waals surface area contributed by atoms with E-state index in [1.165, 1.54) is 0 Å². The summed E-state index contributed by atoms with van der Waals surface area (Å²) in [5.41, 5.74) is -1.15. The van der Waals surface area contributed by atoms with E-state index in [1.807, 2.05) is 0 Å². The molecule has 1 aromatic rings. The van der Waals surface area contributed by atoms with Crippen LogP contribution in [0.3, 0.4) is 0 Å². The van der Waals surface area contributed by atoms with Crippen molar-refractivity contribution < 1.29 is 25.5 Å². The first kappa shape index (κ1) is 4.02. The maximum absolute atomic E-state index is 12.3. The van der Waals surface area contributed by atoms with Crippen LogP contribution in [0.25, 0.3) is 0 Å². The van der Waals surface area contributed by atoms with Crippen molar-refractivity contribution in [1.29, 1.82) is 0 Å². The molecule has 0 saturated heterocycles. The van der Waals surface area contributed by atoms with Crippen LogP contribution in [0.4, 0.5) is 8.78 Å². The number of aromatic hydroxyl groups is 1. The van der Waals surface area contributed by atoms with E-state index in [-0.39, 0.29) is 0 Å². The first-order valence-electron chi connectivity index (χ1n) is 5.30. The molecule has 0 unspecified atom stereocenters. The number of aromatic nitrogens is 1. The van der Waals surface area contributed by atoms with Crippen LogP contribution in [0.1, 0.15) is 19.0 Å². The molecule has 1 N–H and O–H groups in total. The number of rotatable bonds is 2. The van der Waals surface area contributed by atoms with Crippen LogP contribution < -0.4 is 4.74 Å². The molecule has 12 heavy (non-hydrogen) atoms. The van der Waals surface area contributed by atoms with Crippen molar-refractivity contribution in [1.82, 2.24) is 4.98 Å². The van der Waals surface area contributed by atoms with Gasteiger partial charge in [-0.3, -0.25) is 0 Å². The number of alkyl halides is 2. The van der Waals surface area contributed by atoms with Gasteiger partial charge in [0.15, 0.2) is 0 Å². The zero-order valence-electron chi connectivity index (χ0n) is 10.6. The Labute approximate surface area is 74.6 Å². The Morgan fingerprint density at radius 3 is 3.17 bits per heavy atom. The molecular weight excluding hydrogens is 168 g/mol. The molecule has 66 valence electrons. The summed E-state index contributed by atoms with van der Waals surface area (Å²) in [5, 5.41) is 9.19. The van der Waals surface area contributed by atoms with Gasteiger partial charge in [0.2, 0.25) is 0 Å². The predicted octanol–water partition coefficient (Wildman–Crippen LogP) is 1.73. The van der Waals surface area contributed by atoms with Gasteiger partial charge in [0.1, 0.15) is 17.2 Å². The number of pyridine rings is 1. The summed E-state index contributed by atoms with van der Waals surface area (Å²) in [6.45, 7) is 0. The third kappa shape index (κ3) is 1.61. The lowest BCUT2D eigenvalue weighted by atomic mass is 10.3. The summed E-state index contributed by atoms with van der Waals surface area (Å²) < 4.78 is 63.5. The highest BCUT2D eigenvalue weighted by Crippen LogP contribution is 2.28. The first-order chi connectivity index (χ1) is 7.63. The standard InChI is InChI=1S/C7H7F2NO2/c1-12-4-2-5(11)6(7(8)9)10-3-4/h2-3,7,11H,1H3/i1D3,2D,3D. The molecule has 5 heteroatoms. The molecule has 0 amide bonds. The monoisotopic (exact) mass is 180 g/mol. The summed E-state index contributed by atoms with van der Waals surface area (Å²) >= 11 is 0. The Morgan fingerprint density at radius 2 is 2.58 bits per heavy atom. The molecule has 0 aliphatic heterocycles. The minimum atomic E-state index is -3.18.